The van der Waals surface area contributed by atoms with Gasteiger partial charge >= 0.3 is 0 Å². The zero-order valence-corrected chi connectivity index (χ0v) is 29.3. The van der Waals surface area contributed by atoms with Crippen LogP contribution in [0.1, 0.15) is 215 Å². The number of phenols is 2. The maximum Gasteiger partial charge on any atom is 0.119 e. The van der Waals surface area contributed by atoms with Gasteiger partial charge in [0.05, 0.1) is 0 Å². The Kier molecular flexibility index (Phi) is 12.4. The van der Waals surface area contributed by atoms with Crippen LogP contribution in [0.2, 0.25) is 0 Å². The molecule has 0 amide bonds. The van der Waals surface area contributed by atoms with Gasteiger partial charge in [-0.25, -0.2) is 0 Å². The normalized spacial score (nSPS) is 16.7. The van der Waals surface area contributed by atoms with E-state index in [1.165, 1.54) is 33.4 Å². The van der Waals surface area contributed by atoms with Gasteiger partial charge in [0.25, 0.3) is 0 Å². The Hall–Kier alpha value is -1.96. The van der Waals surface area contributed by atoms with Gasteiger partial charge in [0, 0.05) is 16.5 Å². The summed E-state index contributed by atoms with van der Waals surface area (Å²) in [6.07, 6.45) is 6.09. The molecule has 0 radical (unpaired) electrons. The molecule has 0 saturated carbocycles. The molecule has 2 nitrogen and oxygen atoms in total. The molecule has 2 N–H and O–H groups in total. The van der Waals surface area contributed by atoms with Crippen LogP contribution in [0, 0.1) is 0 Å². The predicted molar refractivity (Wildman–Crippen MR) is 181 cm³/mol. The molecule has 0 aliphatic rings. The highest BCUT2D eigenvalue weighted by Crippen LogP contribution is 2.53. The third-order valence-electron chi connectivity index (χ3n) is 10.8. The number of hydrogen-bond acceptors (Lipinski definition) is 2. The van der Waals surface area contributed by atoms with Crippen LogP contribution < -0.4 is 0 Å². The van der Waals surface area contributed by atoms with Crippen LogP contribution in [0.15, 0.2) is 12.1 Å². The van der Waals surface area contributed by atoms with Crippen LogP contribution in [-0.2, 0) is 5.41 Å². The van der Waals surface area contributed by atoms with Gasteiger partial charge in [-0.1, -0.05) is 96.9 Å². The minimum Gasteiger partial charge on any atom is -0.508 e. The average molecular weight is 565 g/mol. The molecule has 0 aliphatic heterocycles. The molecule has 2 aromatic carbocycles. The Bertz CT molecular complexity index is 1070. The summed E-state index contributed by atoms with van der Waals surface area (Å²) in [5, 5.41) is 23.3. The molecule has 2 aromatic rings. The number of benzene rings is 2. The van der Waals surface area contributed by atoms with E-state index in [0.29, 0.717) is 35.2 Å². The maximum atomic E-state index is 11.6. The Balaban J connectivity index is 3.37. The Labute approximate surface area is 254 Å². The lowest BCUT2D eigenvalue weighted by Crippen LogP contribution is -2.30. The molecule has 41 heavy (non-hydrogen) atoms. The van der Waals surface area contributed by atoms with Crippen molar-refractivity contribution in [3.63, 3.8) is 0 Å². The number of aromatic hydroxyl groups is 2. The Morgan fingerprint density at radius 3 is 0.951 bits per heavy atom. The van der Waals surface area contributed by atoms with E-state index >= 15 is 0 Å². The summed E-state index contributed by atoms with van der Waals surface area (Å²) in [6, 6.07) is 4.25. The second kappa shape index (κ2) is 14.5. The third-order valence-corrected chi connectivity index (χ3v) is 10.8. The van der Waals surface area contributed by atoms with E-state index in [1.807, 2.05) is 0 Å². The molecule has 232 valence electrons. The molecular formula is C39H64O2. The van der Waals surface area contributed by atoms with E-state index in [1.54, 1.807) is 0 Å². The number of hydrogen-bond donors (Lipinski definition) is 2. The van der Waals surface area contributed by atoms with Crippen molar-refractivity contribution in [1.82, 2.24) is 0 Å². The minimum atomic E-state index is -0.319. The fourth-order valence-electron chi connectivity index (χ4n) is 7.06. The maximum absolute atomic E-state index is 11.6. The topological polar surface area (TPSA) is 40.5 Å². The fraction of sp³-hybridized carbons (Fsp3) is 0.692. The number of rotatable bonds is 14. The van der Waals surface area contributed by atoms with Crippen molar-refractivity contribution in [3.8, 4) is 11.5 Å². The molecule has 0 aliphatic carbocycles. The van der Waals surface area contributed by atoms with Gasteiger partial charge < -0.3 is 10.2 Å². The quantitative estimate of drug-likeness (QED) is 0.239. The van der Waals surface area contributed by atoms with Crippen LogP contribution in [0.25, 0.3) is 0 Å². The molecular weight excluding hydrogens is 500 g/mol. The molecule has 2 rings (SSSR count). The number of phenolic OH excluding ortho intramolecular Hbond substituents is 2. The molecule has 0 saturated heterocycles. The highest BCUT2D eigenvalue weighted by Gasteiger charge is 2.40. The highest BCUT2D eigenvalue weighted by molar-refractivity contribution is 5.63. The lowest BCUT2D eigenvalue weighted by Gasteiger charge is -2.41. The van der Waals surface area contributed by atoms with Gasteiger partial charge in [0.1, 0.15) is 11.5 Å². The summed E-state index contributed by atoms with van der Waals surface area (Å²) in [5.41, 5.74) is 10.1. The van der Waals surface area contributed by atoms with E-state index in [9.17, 15) is 10.2 Å². The Morgan fingerprint density at radius 2 is 0.707 bits per heavy atom. The van der Waals surface area contributed by atoms with E-state index in [2.05, 4.69) is 109 Å². The second-order valence-electron chi connectivity index (χ2n) is 13.9. The molecule has 0 fully saturated rings. The summed E-state index contributed by atoms with van der Waals surface area (Å²) in [6.45, 7) is 32.4. The monoisotopic (exact) mass is 564 g/mol. The van der Waals surface area contributed by atoms with Crippen molar-refractivity contribution in [1.29, 1.82) is 0 Å². The summed E-state index contributed by atoms with van der Waals surface area (Å²) in [7, 11) is 0. The van der Waals surface area contributed by atoms with Crippen molar-refractivity contribution < 1.29 is 10.2 Å². The Morgan fingerprint density at radius 1 is 0.463 bits per heavy atom. The van der Waals surface area contributed by atoms with Gasteiger partial charge in [-0.15, -0.1) is 0 Å². The predicted octanol–water partition coefficient (Wildman–Crippen LogP) is 12.5. The van der Waals surface area contributed by atoms with Crippen LogP contribution in [0.5, 0.6) is 11.5 Å². The van der Waals surface area contributed by atoms with Crippen molar-refractivity contribution in [2.24, 2.45) is 0 Å². The van der Waals surface area contributed by atoms with Crippen LogP contribution in [0.3, 0.4) is 0 Å². The van der Waals surface area contributed by atoms with Crippen molar-refractivity contribution >= 4 is 0 Å². The van der Waals surface area contributed by atoms with Crippen molar-refractivity contribution in [2.75, 3.05) is 0 Å². The van der Waals surface area contributed by atoms with Crippen molar-refractivity contribution in [2.45, 2.75) is 176 Å². The SMILES string of the molecule is CCC(C)c1cc(O)c(C(C)CC)c(C(C)CC)c1C(C)(C)c1c(C(C)CC)cc(O)c(C(C)CC)c1C(C)CC. The fourth-order valence-corrected chi connectivity index (χ4v) is 7.06. The standard InChI is InChI=1S/C39H64O2/c1-15-23(7)29-21-31(40)33(25(9)17-3)35(27(11)19-5)37(29)39(13,14)38-30(24(8)16-2)22-32(41)34(26(10)18-4)36(38)28(12)20-6/h21-28,40-41H,15-20H2,1-14H3. The van der Waals surface area contributed by atoms with Crippen LogP contribution >= 0.6 is 0 Å². The zero-order chi connectivity index (χ0) is 31.4. The largest absolute Gasteiger partial charge is 0.508 e. The van der Waals surface area contributed by atoms with Crippen LogP contribution in [-0.4, -0.2) is 10.2 Å². The summed E-state index contributed by atoms with van der Waals surface area (Å²) in [4.78, 5) is 0. The second-order valence-corrected chi connectivity index (χ2v) is 13.9. The van der Waals surface area contributed by atoms with Gasteiger partial charge in [-0.2, -0.15) is 0 Å². The summed E-state index contributed by atoms with van der Waals surface area (Å²) in [5.74, 6) is 2.81. The van der Waals surface area contributed by atoms with Gasteiger partial charge in [-0.3, -0.25) is 0 Å². The summed E-state index contributed by atoms with van der Waals surface area (Å²) < 4.78 is 0. The van der Waals surface area contributed by atoms with Crippen molar-refractivity contribution in [3.05, 3.63) is 56.6 Å². The smallest absolute Gasteiger partial charge is 0.119 e. The first-order valence-corrected chi connectivity index (χ1v) is 17.0. The van der Waals surface area contributed by atoms with E-state index in [-0.39, 0.29) is 17.3 Å². The molecule has 2 heteroatoms. The van der Waals surface area contributed by atoms with E-state index in [4.69, 9.17) is 0 Å². The average Bonchev–Trinajstić information content (AvgIpc) is 2.96. The molecule has 0 bridgehead atoms. The molecule has 0 spiro atoms. The third kappa shape index (κ3) is 6.67. The van der Waals surface area contributed by atoms with Crippen LogP contribution in [0.4, 0.5) is 0 Å². The van der Waals surface area contributed by atoms with Gasteiger partial charge in [0.15, 0.2) is 0 Å². The first-order valence-electron chi connectivity index (χ1n) is 17.0. The van der Waals surface area contributed by atoms with Gasteiger partial charge in [-0.05, 0) is 120 Å². The van der Waals surface area contributed by atoms with Gasteiger partial charge in [0.2, 0.25) is 0 Å². The molecule has 6 atom stereocenters. The molecule has 0 aromatic heterocycles. The van der Waals surface area contributed by atoms with E-state index < -0.39 is 0 Å². The highest BCUT2D eigenvalue weighted by atomic mass is 16.3. The minimum absolute atomic E-state index is 0.276. The summed E-state index contributed by atoms with van der Waals surface area (Å²) >= 11 is 0. The lowest BCUT2D eigenvalue weighted by molar-refractivity contribution is 0.449. The molecule has 6 unspecified atom stereocenters. The molecule has 0 heterocycles. The van der Waals surface area contributed by atoms with E-state index in [0.717, 1.165) is 49.7 Å². The lowest BCUT2D eigenvalue weighted by atomic mass is 9.63. The zero-order valence-electron chi connectivity index (χ0n) is 29.3. The first kappa shape index (κ1) is 35.2. The first-order chi connectivity index (χ1) is 19.2.